The van der Waals surface area contributed by atoms with Crippen molar-refractivity contribution in [3.63, 3.8) is 0 Å². The molecular formula is C49H48O7S2. The Kier molecular flexibility index (Phi) is 13.5. The first-order chi connectivity index (χ1) is 28.3. The van der Waals surface area contributed by atoms with Crippen LogP contribution in [0.4, 0.5) is 0 Å². The third-order valence-electron chi connectivity index (χ3n) is 9.86. The Morgan fingerprint density at radius 2 is 1.14 bits per heavy atom. The molecule has 58 heavy (non-hydrogen) atoms. The van der Waals surface area contributed by atoms with Gasteiger partial charge in [0, 0.05) is 15.7 Å². The molecular weight excluding hydrogens is 765 g/mol. The molecule has 0 spiro atoms. The third kappa shape index (κ3) is 9.77. The van der Waals surface area contributed by atoms with Gasteiger partial charge in [0.15, 0.2) is 23.0 Å². The third-order valence-corrected chi connectivity index (χ3v) is 13.1. The van der Waals surface area contributed by atoms with Crippen LogP contribution in [-0.4, -0.2) is 32.9 Å². The smallest absolute Gasteiger partial charge is 0.309 e. The molecule has 0 unspecified atom stereocenters. The second-order valence-corrected chi connectivity index (χ2v) is 17.1. The molecule has 0 radical (unpaired) electrons. The average molecular weight is 813 g/mol. The number of esters is 1. The molecule has 7 rings (SSSR count). The Bertz CT molecular complexity index is 2170. The topological polar surface area (TPSA) is 72.5 Å². The number of hydrogen-bond acceptors (Lipinski definition) is 9. The van der Waals surface area contributed by atoms with Gasteiger partial charge in [-0.2, -0.15) is 0 Å². The highest BCUT2D eigenvalue weighted by atomic mass is 32.2. The normalized spacial score (nSPS) is 15.2. The lowest BCUT2D eigenvalue weighted by Crippen LogP contribution is -2.35. The molecule has 0 aliphatic carbocycles. The first kappa shape index (κ1) is 40.7. The van der Waals surface area contributed by atoms with Gasteiger partial charge >= 0.3 is 5.97 Å². The van der Waals surface area contributed by atoms with Crippen molar-refractivity contribution in [3.05, 3.63) is 174 Å². The van der Waals surface area contributed by atoms with E-state index in [1.807, 2.05) is 129 Å². The maximum absolute atomic E-state index is 14.1. The Labute approximate surface area is 350 Å². The van der Waals surface area contributed by atoms with Crippen LogP contribution in [0.2, 0.25) is 0 Å². The molecule has 1 heterocycles. The van der Waals surface area contributed by atoms with Gasteiger partial charge in [-0.3, -0.25) is 4.79 Å². The molecule has 2 atom stereocenters. The van der Waals surface area contributed by atoms with Gasteiger partial charge in [-0.1, -0.05) is 103 Å². The van der Waals surface area contributed by atoms with E-state index in [-0.39, 0.29) is 24.6 Å². The highest BCUT2D eigenvalue weighted by molar-refractivity contribution is 8.17. The Morgan fingerprint density at radius 3 is 1.66 bits per heavy atom. The zero-order chi connectivity index (χ0) is 40.3. The average Bonchev–Trinajstić information content (AvgIpc) is 3.62. The van der Waals surface area contributed by atoms with Gasteiger partial charge in [-0.15, -0.1) is 23.5 Å². The van der Waals surface area contributed by atoms with Gasteiger partial charge in [-0.05, 0) is 91.1 Å². The van der Waals surface area contributed by atoms with Crippen molar-refractivity contribution >= 4 is 29.5 Å². The fraction of sp³-hybridized carbons (Fsp3) is 0.245. The molecule has 0 bridgehead atoms. The second-order valence-electron chi connectivity index (χ2n) is 14.3. The second kappa shape index (κ2) is 19.3. The summed E-state index contributed by atoms with van der Waals surface area (Å²) in [6, 6.07) is 50.8. The number of ether oxygens (including phenoxy) is 6. The lowest BCUT2D eigenvalue weighted by Gasteiger charge is -2.40. The minimum absolute atomic E-state index is 0.0681. The van der Waals surface area contributed by atoms with E-state index in [0.29, 0.717) is 48.4 Å². The maximum atomic E-state index is 14.1. The van der Waals surface area contributed by atoms with Crippen LogP contribution in [0, 0.1) is 11.8 Å². The Hall–Kier alpha value is -5.51. The molecule has 1 aliphatic rings. The molecule has 0 saturated carbocycles. The summed E-state index contributed by atoms with van der Waals surface area (Å²) in [6.45, 7) is 4.95. The number of benzene rings is 6. The van der Waals surface area contributed by atoms with Crippen LogP contribution in [0.3, 0.4) is 0 Å². The van der Waals surface area contributed by atoms with E-state index in [9.17, 15) is 4.79 Å². The van der Waals surface area contributed by atoms with Crippen molar-refractivity contribution < 1.29 is 33.2 Å². The van der Waals surface area contributed by atoms with E-state index in [1.54, 1.807) is 37.7 Å². The fourth-order valence-corrected chi connectivity index (χ4v) is 10.4. The number of thioether (sulfide) groups is 2. The predicted molar refractivity (Wildman–Crippen MR) is 231 cm³/mol. The highest BCUT2D eigenvalue weighted by Crippen LogP contribution is 2.61. The SMILES string of the molecule is COc1cc(C[C@H]2C(=O)OC[C@@H]2C(Sc2ccccc2)(Sc2ccccc2)c2ccc(OC(C)C)c(OCc3ccccc3)c2)cc(OC)c1OCc1ccccc1. The van der Waals surface area contributed by atoms with E-state index >= 15 is 0 Å². The van der Waals surface area contributed by atoms with Crippen LogP contribution >= 0.6 is 23.5 Å². The molecule has 0 amide bonds. The van der Waals surface area contributed by atoms with Gasteiger partial charge in [0.1, 0.15) is 17.3 Å². The van der Waals surface area contributed by atoms with Crippen LogP contribution < -0.4 is 23.7 Å². The van der Waals surface area contributed by atoms with Gasteiger partial charge in [0.2, 0.25) is 5.75 Å². The Morgan fingerprint density at radius 1 is 0.621 bits per heavy atom. The molecule has 1 saturated heterocycles. The van der Waals surface area contributed by atoms with Crippen molar-refractivity contribution in [1.82, 2.24) is 0 Å². The van der Waals surface area contributed by atoms with Crippen molar-refractivity contribution in [2.75, 3.05) is 20.8 Å². The number of cyclic esters (lactones) is 1. The molecule has 1 aliphatic heterocycles. The zero-order valence-electron chi connectivity index (χ0n) is 33.2. The summed E-state index contributed by atoms with van der Waals surface area (Å²) in [5.74, 6) is 1.75. The molecule has 9 heteroatoms. The summed E-state index contributed by atoms with van der Waals surface area (Å²) in [4.78, 5) is 16.3. The largest absolute Gasteiger partial charge is 0.493 e. The van der Waals surface area contributed by atoms with Crippen LogP contribution in [0.15, 0.2) is 161 Å². The van der Waals surface area contributed by atoms with Crippen molar-refractivity contribution in [3.8, 4) is 28.7 Å². The van der Waals surface area contributed by atoms with E-state index < -0.39 is 10.00 Å². The van der Waals surface area contributed by atoms with E-state index in [0.717, 1.165) is 32.0 Å². The number of hydrogen-bond donors (Lipinski definition) is 0. The lowest BCUT2D eigenvalue weighted by molar-refractivity contribution is -0.141. The van der Waals surface area contributed by atoms with Gasteiger partial charge < -0.3 is 28.4 Å². The summed E-state index contributed by atoms with van der Waals surface area (Å²) < 4.78 is 36.3. The van der Waals surface area contributed by atoms with Gasteiger partial charge in [-0.25, -0.2) is 0 Å². The first-order valence-electron chi connectivity index (χ1n) is 19.4. The summed E-state index contributed by atoms with van der Waals surface area (Å²) >= 11 is 3.46. The quantitative estimate of drug-likeness (QED) is 0.0479. The van der Waals surface area contributed by atoms with Gasteiger partial charge in [0.05, 0.1) is 32.8 Å². The van der Waals surface area contributed by atoms with E-state index in [1.165, 1.54) is 0 Å². The summed E-state index contributed by atoms with van der Waals surface area (Å²) in [7, 11) is 3.23. The van der Waals surface area contributed by atoms with Crippen LogP contribution in [0.1, 0.15) is 36.1 Å². The summed E-state index contributed by atoms with van der Waals surface area (Å²) in [5, 5.41) is 0. The maximum Gasteiger partial charge on any atom is 0.309 e. The van der Waals surface area contributed by atoms with Crippen LogP contribution in [-0.2, 0) is 33.2 Å². The van der Waals surface area contributed by atoms with Crippen LogP contribution in [0.25, 0.3) is 0 Å². The molecule has 1 fully saturated rings. The lowest BCUT2D eigenvalue weighted by atomic mass is 9.83. The Balaban J connectivity index is 1.33. The van der Waals surface area contributed by atoms with Gasteiger partial charge in [0.25, 0.3) is 0 Å². The predicted octanol–water partition coefficient (Wildman–Crippen LogP) is 11.4. The van der Waals surface area contributed by atoms with E-state index in [4.69, 9.17) is 28.4 Å². The minimum atomic E-state index is -0.784. The standard InChI is InChI=1S/C49H48O7S2/c1-34(2)56-43-26-25-38(30-44(43)53-31-35-17-9-5-10-18-35)49(57-39-21-13-7-14-22-39,58-40-23-15-8-16-24-40)42-33-55-48(50)41(42)27-37-28-45(51-3)47(46(29-37)52-4)54-32-36-19-11-6-12-20-36/h5-26,28-30,34,41-42H,27,31-33H2,1-4H3/t41-,42+/m1/s1. The minimum Gasteiger partial charge on any atom is -0.493 e. The highest BCUT2D eigenvalue weighted by Gasteiger charge is 2.53. The molecule has 6 aromatic rings. The first-order valence-corrected chi connectivity index (χ1v) is 21.0. The molecule has 0 aromatic heterocycles. The number of carbonyl (C=O) groups excluding carboxylic acids is 1. The monoisotopic (exact) mass is 812 g/mol. The summed E-state index contributed by atoms with van der Waals surface area (Å²) in [6.07, 6.45) is 0.314. The molecule has 7 nitrogen and oxygen atoms in total. The summed E-state index contributed by atoms with van der Waals surface area (Å²) in [5.41, 5.74) is 3.91. The van der Waals surface area contributed by atoms with E-state index in [2.05, 4.69) is 36.4 Å². The molecule has 0 N–H and O–H groups in total. The number of rotatable bonds is 18. The van der Waals surface area contributed by atoms with Crippen LogP contribution in [0.5, 0.6) is 28.7 Å². The number of carbonyl (C=O) groups is 1. The van der Waals surface area contributed by atoms with Crippen molar-refractivity contribution in [1.29, 1.82) is 0 Å². The fourth-order valence-electron chi connectivity index (χ4n) is 7.09. The van der Waals surface area contributed by atoms with Crippen molar-refractivity contribution in [2.24, 2.45) is 11.8 Å². The molecule has 6 aromatic carbocycles. The van der Waals surface area contributed by atoms with Crippen molar-refractivity contribution in [2.45, 2.75) is 53.5 Å². The number of methoxy groups -OCH3 is 2. The molecule has 298 valence electrons. The zero-order valence-corrected chi connectivity index (χ0v) is 34.8.